The average Bonchev–Trinajstić information content (AvgIpc) is 2.49. The van der Waals surface area contributed by atoms with Gasteiger partial charge in [0.1, 0.15) is 0 Å². The first-order chi connectivity index (χ1) is 9.72. The Hall–Kier alpha value is -2.29. The minimum atomic E-state index is -0.100. The molecule has 0 aliphatic rings. The summed E-state index contributed by atoms with van der Waals surface area (Å²) in [5, 5.41) is 3.01. The van der Waals surface area contributed by atoms with Crippen LogP contribution in [0.15, 0.2) is 60.7 Å². The zero-order chi connectivity index (χ0) is 14.4. The second kappa shape index (κ2) is 6.75. The van der Waals surface area contributed by atoms with Crippen molar-refractivity contribution in [1.29, 1.82) is 0 Å². The molecule has 0 saturated carbocycles. The Bertz CT molecular complexity index is 500. The molecule has 3 heteroatoms. The zero-order valence-corrected chi connectivity index (χ0v) is 11.9. The number of anilines is 2. The van der Waals surface area contributed by atoms with Gasteiger partial charge in [-0.3, -0.25) is 4.90 Å². The number of benzene rings is 2. The third-order valence-electron chi connectivity index (χ3n) is 3.21. The van der Waals surface area contributed by atoms with Crippen molar-refractivity contribution in [1.82, 2.24) is 5.32 Å². The number of nitrogens with one attached hydrogen (secondary N) is 1. The number of amides is 2. The maximum atomic E-state index is 12.5. The van der Waals surface area contributed by atoms with Crippen molar-refractivity contribution in [2.24, 2.45) is 0 Å². The number of hydrogen-bond donors (Lipinski definition) is 1. The number of urea groups is 1. The summed E-state index contributed by atoms with van der Waals surface area (Å²) in [7, 11) is 0. The first kappa shape index (κ1) is 14.1. The van der Waals surface area contributed by atoms with Crippen LogP contribution in [0.4, 0.5) is 16.2 Å². The van der Waals surface area contributed by atoms with Gasteiger partial charge in [-0.2, -0.15) is 0 Å². The number of hydrogen-bond acceptors (Lipinski definition) is 1. The summed E-state index contributed by atoms with van der Waals surface area (Å²) in [5.74, 6) is 0. The van der Waals surface area contributed by atoms with E-state index in [0.717, 1.165) is 17.8 Å². The van der Waals surface area contributed by atoms with E-state index < -0.39 is 0 Å². The van der Waals surface area contributed by atoms with Gasteiger partial charge in [-0.15, -0.1) is 0 Å². The molecular weight excluding hydrogens is 248 g/mol. The predicted molar refractivity (Wildman–Crippen MR) is 83.3 cm³/mol. The van der Waals surface area contributed by atoms with E-state index in [0.29, 0.717) is 0 Å². The van der Waals surface area contributed by atoms with Gasteiger partial charge in [0.15, 0.2) is 0 Å². The largest absolute Gasteiger partial charge is 0.335 e. The Morgan fingerprint density at radius 1 is 1.00 bits per heavy atom. The first-order valence-corrected chi connectivity index (χ1v) is 6.93. The van der Waals surface area contributed by atoms with Crippen LogP contribution in [-0.4, -0.2) is 12.1 Å². The third-order valence-corrected chi connectivity index (χ3v) is 3.21. The Labute approximate surface area is 120 Å². The van der Waals surface area contributed by atoms with Gasteiger partial charge in [0.05, 0.1) is 11.4 Å². The van der Waals surface area contributed by atoms with Crippen LogP contribution in [0.5, 0.6) is 0 Å². The maximum Gasteiger partial charge on any atom is 0.326 e. The molecule has 104 valence electrons. The van der Waals surface area contributed by atoms with Crippen LogP contribution in [0.25, 0.3) is 0 Å². The fraction of sp³-hybridized carbons (Fsp3) is 0.235. The van der Waals surface area contributed by atoms with Crippen LogP contribution >= 0.6 is 0 Å². The van der Waals surface area contributed by atoms with E-state index in [-0.39, 0.29) is 12.1 Å². The highest BCUT2D eigenvalue weighted by Crippen LogP contribution is 2.24. The van der Waals surface area contributed by atoms with Crippen LogP contribution in [-0.2, 0) is 0 Å². The molecule has 3 nitrogen and oxygen atoms in total. The lowest BCUT2D eigenvalue weighted by Gasteiger charge is -2.25. The van der Waals surface area contributed by atoms with E-state index in [9.17, 15) is 4.79 Å². The molecule has 0 spiro atoms. The smallest absolute Gasteiger partial charge is 0.326 e. The number of para-hydroxylation sites is 2. The summed E-state index contributed by atoms with van der Waals surface area (Å²) in [6, 6.07) is 19.4. The Balaban J connectivity index is 2.33. The van der Waals surface area contributed by atoms with Crippen LogP contribution in [0.3, 0.4) is 0 Å². The van der Waals surface area contributed by atoms with E-state index in [1.54, 1.807) is 4.90 Å². The lowest BCUT2D eigenvalue weighted by molar-refractivity contribution is 0.245. The molecule has 0 fully saturated rings. The molecule has 0 saturated heterocycles. The van der Waals surface area contributed by atoms with E-state index >= 15 is 0 Å². The summed E-state index contributed by atoms with van der Waals surface area (Å²) in [6.07, 6.45) is 0.906. The van der Waals surface area contributed by atoms with Gasteiger partial charge in [0.25, 0.3) is 0 Å². The fourth-order valence-electron chi connectivity index (χ4n) is 1.92. The summed E-state index contributed by atoms with van der Waals surface area (Å²) in [6.45, 7) is 4.06. The second-order valence-corrected chi connectivity index (χ2v) is 4.77. The van der Waals surface area contributed by atoms with Crippen molar-refractivity contribution >= 4 is 17.4 Å². The molecule has 2 amide bonds. The van der Waals surface area contributed by atoms with Crippen molar-refractivity contribution in [3.63, 3.8) is 0 Å². The van der Waals surface area contributed by atoms with Gasteiger partial charge < -0.3 is 5.32 Å². The molecule has 20 heavy (non-hydrogen) atoms. The van der Waals surface area contributed by atoms with Gasteiger partial charge in [-0.05, 0) is 37.6 Å². The van der Waals surface area contributed by atoms with E-state index in [1.807, 2.05) is 67.6 Å². The number of carbonyl (C=O) groups excluding carboxylic acids is 1. The fourth-order valence-corrected chi connectivity index (χ4v) is 1.92. The standard InChI is InChI=1S/C17H20N2O/c1-3-14(2)18-17(20)19(15-10-6-4-7-11-15)16-12-8-5-9-13-16/h4-14H,3H2,1-2H3,(H,18,20). The van der Waals surface area contributed by atoms with Crippen molar-refractivity contribution in [3.05, 3.63) is 60.7 Å². The molecule has 0 aliphatic carbocycles. The topological polar surface area (TPSA) is 32.3 Å². The second-order valence-electron chi connectivity index (χ2n) is 4.77. The monoisotopic (exact) mass is 268 g/mol. The molecule has 1 unspecified atom stereocenters. The Morgan fingerprint density at radius 3 is 1.85 bits per heavy atom. The molecule has 0 radical (unpaired) electrons. The van der Waals surface area contributed by atoms with Crippen LogP contribution in [0, 0.1) is 0 Å². The highest BCUT2D eigenvalue weighted by atomic mass is 16.2. The maximum absolute atomic E-state index is 12.5. The molecule has 0 aromatic heterocycles. The highest BCUT2D eigenvalue weighted by molar-refractivity contribution is 5.99. The molecule has 0 bridgehead atoms. The minimum Gasteiger partial charge on any atom is -0.335 e. The third kappa shape index (κ3) is 3.38. The van der Waals surface area contributed by atoms with Gasteiger partial charge in [0, 0.05) is 6.04 Å². The van der Waals surface area contributed by atoms with Gasteiger partial charge in [0.2, 0.25) is 0 Å². The lowest BCUT2D eigenvalue weighted by atomic mass is 10.2. The highest BCUT2D eigenvalue weighted by Gasteiger charge is 2.18. The molecule has 1 N–H and O–H groups in total. The number of nitrogens with zero attached hydrogens (tertiary/aromatic N) is 1. The van der Waals surface area contributed by atoms with Gasteiger partial charge in [-0.1, -0.05) is 43.3 Å². The minimum absolute atomic E-state index is 0.100. The van der Waals surface area contributed by atoms with Crippen molar-refractivity contribution < 1.29 is 4.79 Å². The average molecular weight is 268 g/mol. The molecule has 2 rings (SSSR count). The van der Waals surface area contributed by atoms with Crippen LogP contribution in [0.2, 0.25) is 0 Å². The van der Waals surface area contributed by atoms with E-state index in [2.05, 4.69) is 12.2 Å². The lowest BCUT2D eigenvalue weighted by Crippen LogP contribution is -2.41. The van der Waals surface area contributed by atoms with Crippen LogP contribution < -0.4 is 10.2 Å². The van der Waals surface area contributed by atoms with Gasteiger partial charge >= 0.3 is 6.03 Å². The summed E-state index contributed by atoms with van der Waals surface area (Å²) in [4.78, 5) is 14.2. The quantitative estimate of drug-likeness (QED) is 0.879. The van der Waals surface area contributed by atoms with Crippen molar-refractivity contribution in [2.45, 2.75) is 26.3 Å². The predicted octanol–water partition coefficient (Wildman–Crippen LogP) is 4.33. The Kier molecular flexibility index (Phi) is 4.77. The first-order valence-electron chi connectivity index (χ1n) is 6.93. The normalized spacial score (nSPS) is 11.7. The summed E-state index contributed by atoms with van der Waals surface area (Å²) in [5.41, 5.74) is 1.72. The molecule has 0 heterocycles. The van der Waals surface area contributed by atoms with E-state index in [4.69, 9.17) is 0 Å². The van der Waals surface area contributed by atoms with Crippen molar-refractivity contribution in [2.75, 3.05) is 4.90 Å². The number of rotatable bonds is 4. The zero-order valence-electron chi connectivity index (χ0n) is 11.9. The molecule has 0 aliphatic heterocycles. The SMILES string of the molecule is CCC(C)NC(=O)N(c1ccccc1)c1ccccc1. The Morgan fingerprint density at radius 2 is 1.45 bits per heavy atom. The molecule has 2 aromatic carbocycles. The van der Waals surface area contributed by atoms with Crippen LogP contribution in [0.1, 0.15) is 20.3 Å². The molecule has 2 aromatic rings. The molecule has 1 atom stereocenters. The molecular formula is C17H20N2O. The summed E-state index contributed by atoms with van der Waals surface area (Å²) < 4.78 is 0. The van der Waals surface area contributed by atoms with Gasteiger partial charge in [-0.25, -0.2) is 4.79 Å². The van der Waals surface area contributed by atoms with E-state index in [1.165, 1.54) is 0 Å². The van der Waals surface area contributed by atoms with Crippen molar-refractivity contribution in [3.8, 4) is 0 Å². The summed E-state index contributed by atoms with van der Waals surface area (Å²) >= 11 is 0. The number of carbonyl (C=O) groups is 1.